The highest BCUT2D eigenvalue weighted by Crippen LogP contribution is 2.44. The maximum atomic E-state index is 13.2. The number of benzene rings is 3. The van der Waals surface area contributed by atoms with E-state index in [1.54, 1.807) is 0 Å². The zero-order chi connectivity index (χ0) is 24.0. The van der Waals surface area contributed by atoms with Gasteiger partial charge in [-0.15, -0.1) is 0 Å². The summed E-state index contributed by atoms with van der Waals surface area (Å²) in [4.78, 5) is 25.9. The number of carboxylic acids is 1. The highest BCUT2D eigenvalue weighted by molar-refractivity contribution is 5.82. The second kappa shape index (κ2) is 8.20. The number of carbonyl (C=O) groups is 2. The van der Waals surface area contributed by atoms with Crippen LogP contribution in [0, 0.1) is 0 Å². The highest BCUT2D eigenvalue weighted by atomic mass is 19.4. The summed E-state index contributed by atoms with van der Waals surface area (Å²) in [6.07, 6.45) is -5.49. The standard InChI is InChI=1S/C26H20F3NO4/c27-26(28,29)17-10-9-15-12-23(24(31)32)30(13-16(15)11-17)25(33)34-14-22-20-7-3-1-5-18(20)19-6-2-4-8-21(19)22/h1-11,22-23H,12-14H2,(H,31,32)/t23-/m0/s1. The summed E-state index contributed by atoms with van der Waals surface area (Å²) < 4.78 is 45.0. The maximum absolute atomic E-state index is 13.2. The Balaban J connectivity index is 1.39. The highest BCUT2D eigenvalue weighted by Gasteiger charge is 2.38. The van der Waals surface area contributed by atoms with Gasteiger partial charge in [-0.25, -0.2) is 9.59 Å². The molecule has 3 aromatic rings. The molecule has 8 heteroatoms. The zero-order valence-corrected chi connectivity index (χ0v) is 17.9. The van der Waals surface area contributed by atoms with E-state index in [0.29, 0.717) is 5.56 Å². The van der Waals surface area contributed by atoms with Gasteiger partial charge in [0.25, 0.3) is 0 Å². The van der Waals surface area contributed by atoms with Crippen molar-refractivity contribution >= 4 is 12.1 Å². The molecule has 0 saturated heterocycles. The molecule has 0 bridgehead atoms. The fourth-order valence-corrected chi connectivity index (χ4v) is 4.85. The Morgan fingerprint density at radius 2 is 1.56 bits per heavy atom. The van der Waals surface area contributed by atoms with Gasteiger partial charge in [0.1, 0.15) is 12.6 Å². The van der Waals surface area contributed by atoms with Gasteiger partial charge >= 0.3 is 18.2 Å². The first-order valence-electron chi connectivity index (χ1n) is 10.8. The molecule has 1 aliphatic carbocycles. The van der Waals surface area contributed by atoms with Crippen LogP contribution in [0.4, 0.5) is 18.0 Å². The Hall–Kier alpha value is -3.81. The number of fused-ring (bicyclic) bond motifs is 4. The fourth-order valence-electron chi connectivity index (χ4n) is 4.85. The molecular weight excluding hydrogens is 447 g/mol. The summed E-state index contributed by atoms with van der Waals surface area (Å²) in [7, 11) is 0. The molecule has 0 saturated carbocycles. The average Bonchev–Trinajstić information content (AvgIpc) is 3.14. The van der Waals surface area contributed by atoms with Crippen molar-refractivity contribution in [1.82, 2.24) is 4.90 Å². The van der Waals surface area contributed by atoms with E-state index in [2.05, 4.69) is 0 Å². The number of hydrogen-bond acceptors (Lipinski definition) is 3. The smallest absolute Gasteiger partial charge is 0.416 e. The normalized spacial score (nSPS) is 17.0. The lowest BCUT2D eigenvalue weighted by atomic mass is 9.92. The third-order valence-corrected chi connectivity index (χ3v) is 6.52. The summed E-state index contributed by atoms with van der Waals surface area (Å²) >= 11 is 0. The van der Waals surface area contributed by atoms with Crippen LogP contribution in [-0.4, -0.2) is 34.7 Å². The van der Waals surface area contributed by atoms with Crippen LogP contribution < -0.4 is 0 Å². The van der Waals surface area contributed by atoms with Crippen molar-refractivity contribution in [2.24, 2.45) is 0 Å². The van der Waals surface area contributed by atoms with Crippen molar-refractivity contribution in [3.05, 3.63) is 94.5 Å². The number of carboxylic acid groups (broad SMARTS) is 1. The predicted molar refractivity (Wildman–Crippen MR) is 117 cm³/mol. The first kappa shape index (κ1) is 22.0. The third kappa shape index (κ3) is 3.79. The van der Waals surface area contributed by atoms with Gasteiger partial charge in [-0.1, -0.05) is 54.6 Å². The molecule has 1 heterocycles. The number of nitrogens with zero attached hydrogens (tertiary/aromatic N) is 1. The number of amides is 1. The van der Waals surface area contributed by atoms with Crippen molar-refractivity contribution in [2.75, 3.05) is 6.61 Å². The lowest BCUT2D eigenvalue weighted by Crippen LogP contribution is -2.49. The lowest BCUT2D eigenvalue weighted by Gasteiger charge is -2.34. The van der Waals surface area contributed by atoms with E-state index in [1.807, 2.05) is 48.5 Å². The van der Waals surface area contributed by atoms with Gasteiger partial charge in [0.2, 0.25) is 0 Å². The van der Waals surface area contributed by atoms with Crippen LogP contribution >= 0.6 is 0 Å². The van der Waals surface area contributed by atoms with Crippen LogP contribution in [0.3, 0.4) is 0 Å². The molecule has 1 amide bonds. The van der Waals surface area contributed by atoms with E-state index in [-0.39, 0.29) is 31.1 Å². The Kier molecular flexibility index (Phi) is 5.31. The third-order valence-electron chi connectivity index (χ3n) is 6.52. The van der Waals surface area contributed by atoms with E-state index in [1.165, 1.54) is 6.07 Å². The van der Waals surface area contributed by atoms with E-state index in [0.717, 1.165) is 39.3 Å². The van der Waals surface area contributed by atoms with E-state index < -0.39 is 29.8 Å². The second-order valence-corrected chi connectivity index (χ2v) is 8.47. The van der Waals surface area contributed by atoms with Crippen LogP contribution in [0.5, 0.6) is 0 Å². The summed E-state index contributed by atoms with van der Waals surface area (Å²) in [5.41, 5.74) is 4.01. The largest absolute Gasteiger partial charge is 0.480 e. The number of aliphatic carboxylic acids is 1. The van der Waals surface area contributed by atoms with Crippen LogP contribution in [0.2, 0.25) is 0 Å². The van der Waals surface area contributed by atoms with Gasteiger partial charge in [-0.05, 0) is 45.5 Å². The molecule has 0 radical (unpaired) electrons. The SMILES string of the molecule is O=C(O)[C@@H]1Cc2ccc(C(F)(F)F)cc2CN1C(=O)OCC1c2ccccc2-c2ccccc21. The number of halogens is 3. The molecule has 3 aromatic carbocycles. The Bertz CT molecular complexity index is 1240. The minimum absolute atomic E-state index is 0.00878. The van der Waals surface area contributed by atoms with Gasteiger partial charge < -0.3 is 9.84 Å². The van der Waals surface area contributed by atoms with E-state index in [4.69, 9.17) is 4.74 Å². The summed E-state index contributed by atoms with van der Waals surface area (Å²) in [6.45, 7) is -0.280. The van der Waals surface area contributed by atoms with Crippen LogP contribution in [-0.2, 0) is 28.7 Å². The van der Waals surface area contributed by atoms with Gasteiger partial charge in [0.05, 0.1) is 12.1 Å². The quantitative estimate of drug-likeness (QED) is 0.555. The monoisotopic (exact) mass is 467 g/mol. The van der Waals surface area contributed by atoms with E-state index >= 15 is 0 Å². The van der Waals surface area contributed by atoms with Gasteiger partial charge in [0, 0.05) is 12.3 Å². The van der Waals surface area contributed by atoms with Crippen LogP contribution in [0.15, 0.2) is 66.7 Å². The molecule has 0 spiro atoms. The van der Waals surface area contributed by atoms with Crippen molar-refractivity contribution in [3.8, 4) is 11.1 Å². The second-order valence-electron chi connectivity index (χ2n) is 8.47. The Labute approximate surface area is 193 Å². The van der Waals surface area contributed by atoms with Crippen LogP contribution in [0.25, 0.3) is 11.1 Å². The number of carbonyl (C=O) groups excluding carboxylic acids is 1. The van der Waals surface area contributed by atoms with Crippen LogP contribution in [0.1, 0.15) is 33.7 Å². The average molecular weight is 467 g/mol. The minimum atomic E-state index is -4.53. The van der Waals surface area contributed by atoms with Gasteiger partial charge in [-0.2, -0.15) is 13.2 Å². The number of hydrogen-bond donors (Lipinski definition) is 1. The van der Waals surface area contributed by atoms with Crippen molar-refractivity contribution in [1.29, 1.82) is 0 Å². The maximum Gasteiger partial charge on any atom is 0.416 e. The van der Waals surface area contributed by atoms with Crippen molar-refractivity contribution in [3.63, 3.8) is 0 Å². The molecule has 1 N–H and O–H groups in total. The topological polar surface area (TPSA) is 66.8 Å². The minimum Gasteiger partial charge on any atom is -0.480 e. The Morgan fingerprint density at radius 3 is 2.15 bits per heavy atom. The molecule has 34 heavy (non-hydrogen) atoms. The first-order chi connectivity index (χ1) is 16.2. The molecule has 0 unspecified atom stereocenters. The van der Waals surface area contributed by atoms with Gasteiger partial charge in [-0.3, -0.25) is 4.90 Å². The van der Waals surface area contributed by atoms with E-state index in [9.17, 15) is 27.9 Å². The van der Waals surface area contributed by atoms with Gasteiger partial charge in [0.15, 0.2) is 0 Å². The molecule has 2 aliphatic rings. The number of alkyl halides is 3. The lowest BCUT2D eigenvalue weighted by molar-refractivity contribution is -0.143. The molecule has 1 atom stereocenters. The molecule has 5 nitrogen and oxygen atoms in total. The molecular formula is C26H20F3NO4. The predicted octanol–water partition coefficient (Wildman–Crippen LogP) is 5.47. The summed E-state index contributed by atoms with van der Waals surface area (Å²) in [5, 5.41) is 9.68. The first-order valence-corrected chi connectivity index (χ1v) is 10.8. The molecule has 0 aromatic heterocycles. The molecule has 174 valence electrons. The van der Waals surface area contributed by atoms with Crippen molar-refractivity contribution in [2.45, 2.75) is 31.1 Å². The molecule has 0 fully saturated rings. The fraction of sp³-hybridized carbons (Fsp3) is 0.231. The summed E-state index contributed by atoms with van der Waals surface area (Å²) in [6, 6.07) is 17.5. The Morgan fingerprint density at radius 1 is 0.941 bits per heavy atom. The number of rotatable bonds is 3. The molecule has 1 aliphatic heterocycles. The molecule has 5 rings (SSSR count). The van der Waals surface area contributed by atoms with Crippen molar-refractivity contribution < 1.29 is 32.6 Å². The number of ether oxygens (including phenoxy) is 1. The summed E-state index contributed by atoms with van der Waals surface area (Å²) in [5.74, 6) is -1.45. The zero-order valence-electron chi connectivity index (χ0n) is 17.9.